The second-order valence-electron chi connectivity index (χ2n) is 3.98. The lowest BCUT2D eigenvalue weighted by molar-refractivity contribution is 0.101. The van der Waals surface area contributed by atoms with Crippen molar-refractivity contribution >= 4 is 5.82 Å². The number of nitrogens with zero attached hydrogens (tertiary/aromatic N) is 2. The molecule has 4 nitrogen and oxygen atoms in total. The predicted molar refractivity (Wildman–Crippen MR) is 61.0 cm³/mol. The third-order valence-corrected chi connectivity index (χ3v) is 2.95. The molecular formula is C12H15N3O. The van der Waals surface area contributed by atoms with Gasteiger partial charge in [0.25, 0.3) is 0 Å². The van der Waals surface area contributed by atoms with Gasteiger partial charge in [0.15, 0.2) is 0 Å². The van der Waals surface area contributed by atoms with Gasteiger partial charge in [-0.3, -0.25) is 0 Å². The van der Waals surface area contributed by atoms with Crippen LogP contribution in [0.25, 0.3) is 0 Å². The molecule has 1 fully saturated rings. The van der Waals surface area contributed by atoms with E-state index in [4.69, 9.17) is 10.00 Å². The van der Waals surface area contributed by atoms with Crippen LogP contribution in [0.3, 0.4) is 0 Å². The Hall–Kier alpha value is -1.60. The fraction of sp³-hybridized carbons (Fsp3) is 0.500. The molecule has 1 aromatic rings. The molecule has 0 aromatic carbocycles. The van der Waals surface area contributed by atoms with E-state index in [1.807, 2.05) is 18.2 Å². The summed E-state index contributed by atoms with van der Waals surface area (Å²) in [6.07, 6.45) is 3.62. The molecule has 2 unspecified atom stereocenters. The molecule has 1 N–H and O–H groups in total. The van der Waals surface area contributed by atoms with E-state index >= 15 is 0 Å². The van der Waals surface area contributed by atoms with Gasteiger partial charge < -0.3 is 10.1 Å². The standard InChI is InChI=1S/C12H15N3O/c1-16-11-6-3-5-10(11)15-12-7-2-4-9(8-13)14-12/h2,4,7,10-11H,3,5-6H2,1H3,(H,14,15). The summed E-state index contributed by atoms with van der Waals surface area (Å²) in [7, 11) is 1.74. The second-order valence-corrected chi connectivity index (χ2v) is 3.98. The van der Waals surface area contributed by atoms with E-state index in [-0.39, 0.29) is 6.10 Å². The first-order valence-electron chi connectivity index (χ1n) is 5.50. The minimum absolute atomic E-state index is 0.257. The van der Waals surface area contributed by atoms with E-state index in [1.165, 1.54) is 6.42 Å². The topological polar surface area (TPSA) is 57.9 Å². The van der Waals surface area contributed by atoms with Gasteiger partial charge in [-0.2, -0.15) is 5.26 Å². The summed E-state index contributed by atoms with van der Waals surface area (Å²) >= 11 is 0. The molecular weight excluding hydrogens is 202 g/mol. The Labute approximate surface area is 95.3 Å². The first-order chi connectivity index (χ1) is 7.83. The monoisotopic (exact) mass is 217 g/mol. The molecule has 2 rings (SSSR count). The van der Waals surface area contributed by atoms with Crippen molar-refractivity contribution in [2.75, 3.05) is 12.4 Å². The summed E-state index contributed by atoms with van der Waals surface area (Å²) in [6, 6.07) is 7.77. The Morgan fingerprint density at radius 1 is 1.50 bits per heavy atom. The van der Waals surface area contributed by atoms with Gasteiger partial charge in [-0.15, -0.1) is 0 Å². The van der Waals surface area contributed by atoms with E-state index in [0.29, 0.717) is 11.7 Å². The van der Waals surface area contributed by atoms with E-state index in [9.17, 15) is 0 Å². The van der Waals surface area contributed by atoms with Crippen LogP contribution in [0.2, 0.25) is 0 Å². The van der Waals surface area contributed by atoms with E-state index in [2.05, 4.69) is 10.3 Å². The van der Waals surface area contributed by atoms with E-state index in [0.717, 1.165) is 18.7 Å². The summed E-state index contributed by atoms with van der Waals surface area (Å²) < 4.78 is 5.40. The maximum atomic E-state index is 8.76. The summed E-state index contributed by atoms with van der Waals surface area (Å²) in [5.74, 6) is 0.757. The van der Waals surface area contributed by atoms with Gasteiger partial charge in [0.05, 0.1) is 12.1 Å². The van der Waals surface area contributed by atoms with Gasteiger partial charge in [0, 0.05) is 7.11 Å². The number of pyridine rings is 1. The van der Waals surface area contributed by atoms with Gasteiger partial charge in [0.2, 0.25) is 0 Å². The van der Waals surface area contributed by atoms with Crippen LogP contribution < -0.4 is 5.32 Å². The largest absolute Gasteiger partial charge is 0.379 e. The molecule has 1 saturated carbocycles. The summed E-state index contributed by atoms with van der Waals surface area (Å²) in [4.78, 5) is 4.20. The molecule has 1 aliphatic rings. The molecule has 1 aliphatic carbocycles. The molecule has 16 heavy (non-hydrogen) atoms. The Bertz CT molecular complexity index is 399. The van der Waals surface area contributed by atoms with Crippen molar-refractivity contribution in [3.05, 3.63) is 23.9 Å². The third kappa shape index (κ3) is 2.31. The molecule has 84 valence electrons. The van der Waals surface area contributed by atoms with E-state index < -0.39 is 0 Å². The lowest BCUT2D eigenvalue weighted by Crippen LogP contribution is -2.30. The first kappa shape index (κ1) is 10.9. The molecule has 0 spiro atoms. The van der Waals surface area contributed by atoms with Gasteiger partial charge in [-0.05, 0) is 31.4 Å². The van der Waals surface area contributed by atoms with E-state index in [1.54, 1.807) is 13.2 Å². The summed E-state index contributed by atoms with van der Waals surface area (Å²) in [6.45, 7) is 0. The Kier molecular flexibility index (Phi) is 3.37. The van der Waals surface area contributed by atoms with Crippen LogP contribution in [-0.4, -0.2) is 24.2 Å². The van der Waals surface area contributed by atoms with Gasteiger partial charge in [0.1, 0.15) is 17.6 Å². The normalized spacial score (nSPS) is 24.0. The van der Waals surface area contributed by atoms with Crippen molar-refractivity contribution in [1.29, 1.82) is 5.26 Å². The minimum Gasteiger partial charge on any atom is -0.379 e. The highest BCUT2D eigenvalue weighted by molar-refractivity contribution is 5.39. The summed E-state index contributed by atoms with van der Waals surface area (Å²) in [5, 5.41) is 12.1. The molecule has 2 atom stereocenters. The highest BCUT2D eigenvalue weighted by atomic mass is 16.5. The Balaban J connectivity index is 2.06. The molecule has 0 aliphatic heterocycles. The van der Waals surface area contributed by atoms with Crippen molar-refractivity contribution < 1.29 is 4.74 Å². The fourth-order valence-electron chi connectivity index (χ4n) is 2.14. The fourth-order valence-corrected chi connectivity index (χ4v) is 2.14. The Morgan fingerprint density at radius 2 is 2.38 bits per heavy atom. The molecule has 0 radical (unpaired) electrons. The lowest BCUT2D eigenvalue weighted by atomic mass is 10.2. The van der Waals surface area contributed by atoms with Crippen LogP contribution in [0.1, 0.15) is 25.0 Å². The average molecular weight is 217 g/mol. The van der Waals surface area contributed by atoms with Gasteiger partial charge >= 0.3 is 0 Å². The molecule has 1 heterocycles. The van der Waals surface area contributed by atoms with Crippen molar-refractivity contribution in [2.45, 2.75) is 31.4 Å². The highest BCUT2D eigenvalue weighted by Crippen LogP contribution is 2.24. The van der Waals surface area contributed by atoms with Crippen LogP contribution in [0, 0.1) is 11.3 Å². The van der Waals surface area contributed by atoms with Gasteiger partial charge in [-0.25, -0.2) is 4.98 Å². The molecule has 0 bridgehead atoms. The van der Waals surface area contributed by atoms with Crippen molar-refractivity contribution in [3.8, 4) is 6.07 Å². The minimum atomic E-state index is 0.257. The van der Waals surface area contributed by atoms with Crippen LogP contribution in [0.4, 0.5) is 5.82 Å². The first-order valence-corrected chi connectivity index (χ1v) is 5.50. The third-order valence-electron chi connectivity index (χ3n) is 2.95. The SMILES string of the molecule is COC1CCCC1Nc1cccc(C#N)n1. The Morgan fingerprint density at radius 3 is 3.12 bits per heavy atom. The molecule has 4 heteroatoms. The maximum absolute atomic E-state index is 8.76. The van der Waals surface area contributed by atoms with Gasteiger partial charge in [-0.1, -0.05) is 6.07 Å². The second kappa shape index (κ2) is 4.95. The number of methoxy groups -OCH3 is 1. The lowest BCUT2D eigenvalue weighted by Gasteiger charge is -2.20. The van der Waals surface area contributed by atoms with Crippen LogP contribution in [-0.2, 0) is 4.74 Å². The number of hydrogen-bond acceptors (Lipinski definition) is 4. The molecule has 0 saturated heterocycles. The average Bonchev–Trinajstić information content (AvgIpc) is 2.76. The number of hydrogen-bond donors (Lipinski definition) is 1. The number of anilines is 1. The zero-order chi connectivity index (χ0) is 11.4. The van der Waals surface area contributed by atoms with Crippen LogP contribution in [0.15, 0.2) is 18.2 Å². The molecule has 1 aromatic heterocycles. The van der Waals surface area contributed by atoms with Crippen molar-refractivity contribution in [3.63, 3.8) is 0 Å². The zero-order valence-corrected chi connectivity index (χ0v) is 9.31. The zero-order valence-electron chi connectivity index (χ0n) is 9.31. The molecule has 0 amide bonds. The van der Waals surface area contributed by atoms with Crippen molar-refractivity contribution in [2.24, 2.45) is 0 Å². The summed E-state index contributed by atoms with van der Waals surface area (Å²) in [5.41, 5.74) is 0.442. The van der Waals surface area contributed by atoms with Crippen molar-refractivity contribution in [1.82, 2.24) is 4.98 Å². The van der Waals surface area contributed by atoms with Crippen LogP contribution >= 0.6 is 0 Å². The highest BCUT2D eigenvalue weighted by Gasteiger charge is 2.27. The number of rotatable bonds is 3. The number of nitriles is 1. The smallest absolute Gasteiger partial charge is 0.142 e. The predicted octanol–water partition coefficient (Wildman–Crippen LogP) is 1.93. The maximum Gasteiger partial charge on any atom is 0.142 e. The number of aromatic nitrogens is 1. The number of ether oxygens (including phenoxy) is 1. The number of nitrogens with one attached hydrogen (secondary N) is 1. The van der Waals surface area contributed by atoms with Crippen LogP contribution in [0.5, 0.6) is 0 Å². The quantitative estimate of drug-likeness (QED) is 0.840.